The first-order chi connectivity index (χ1) is 20.4. The third-order valence-corrected chi connectivity index (χ3v) is 6.76. The van der Waals surface area contributed by atoms with Gasteiger partial charge in [0.15, 0.2) is 0 Å². The molecule has 0 aromatic heterocycles. The summed E-state index contributed by atoms with van der Waals surface area (Å²) in [5, 5.41) is 6.97. The van der Waals surface area contributed by atoms with Gasteiger partial charge in [-0.25, -0.2) is 0 Å². The van der Waals surface area contributed by atoms with Crippen molar-refractivity contribution in [2.45, 2.75) is 6.42 Å². The molecular weight excluding hydrogens is 571 g/mol. The van der Waals surface area contributed by atoms with E-state index in [4.69, 9.17) is 32.7 Å². The molecule has 0 aliphatic heterocycles. The van der Waals surface area contributed by atoms with Crippen LogP contribution in [0.2, 0.25) is 10.0 Å². The van der Waals surface area contributed by atoms with Gasteiger partial charge in [0.05, 0.1) is 0 Å². The summed E-state index contributed by atoms with van der Waals surface area (Å²) in [6.45, 7) is 0. The first kappa shape index (κ1) is 28.7. The largest absolute Gasteiger partial charge is 0.457 e. The van der Waals surface area contributed by atoms with Crippen molar-refractivity contribution in [2.24, 2.45) is 5.92 Å². The molecule has 5 rings (SSSR count). The van der Waals surface area contributed by atoms with Crippen molar-refractivity contribution in [3.05, 3.63) is 143 Å². The molecule has 0 radical (unpaired) electrons. The van der Waals surface area contributed by atoms with Gasteiger partial charge < -0.3 is 20.1 Å². The van der Waals surface area contributed by atoms with Crippen molar-refractivity contribution in [3.8, 4) is 23.0 Å². The molecule has 0 fully saturated rings. The van der Waals surface area contributed by atoms with Gasteiger partial charge in [-0.2, -0.15) is 0 Å². The Morgan fingerprint density at radius 1 is 0.524 bits per heavy atom. The third kappa shape index (κ3) is 8.13. The smallest absolute Gasteiger partial charge is 0.237 e. The van der Waals surface area contributed by atoms with Crippen LogP contribution in [0.25, 0.3) is 0 Å². The molecule has 0 aliphatic rings. The van der Waals surface area contributed by atoms with E-state index < -0.39 is 17.7 Å². The third-order valence-electron chi connectivity index (χ3n) is 6.26. The Morgan fingerprint density at radius 3 is 1.26 bits per heavy atom. The number of rotatable bonds is 10. The van der Waals surface area contributed by atoms with Gasteiger partial charge in [-0.05, 0) is 109 Å². The number of carbonyl (C=O) groups is 2. The highest BCUT2D eigenvalue weighted by atomic mass is 35.5. The first-order valence-corrected chi connectivity index (χ1v) is 13.9. The normalized spacial score (nSPS) is 10.6. The van der Waals surface area contributed by atoms with Gasteiger partial charge in [-0.1, -0.05) is 53.5 Å². The fourth-order valence-corrected chi connectivity index (χ4v) is 4.36. The fourth-order valence-electron chi connectivity index (χ4n) is 4.10. The summed E-state index contributed by atoms with van der Waals surface area (Å²) in [5.74, 6) is 0.633. The van der Waals surface area contributed by atoms with Crippen molar-refractivity contribution < 1.29 is 19.1 Å². The van der Waals surface area contributed by atoms with Crippen molar-refractivity contribution >= 4 is 46.4 Å². The van der Waals surface area contributed by atoms with Gasteiger partial charge in [0.2, 0.25) is 11.8 Å². The Kier molecular flexibility index (Phi) is 9.39. The van der Waals surface area contributed by atoms with E-state index in [1.54, 1.807) is 97.1 Å². The zero-order valence-corrected chi connectivity index (χ0v) is 23.8. The van der Waals surface area contributed by atoms with Crippen LogP contribution in [0.5, 0.6) is 23.0 Å². The minimum atomic E-state index is -0.984. The van der Waals surface area contributed by atoms with Gasteiger partial charge in [0.1, 0.15) is 28.9 Å². The minimum Gasteiger partial charge on any atom is -0.457 e. The lowest BCUT2D eigenvalue weighted by atomic mass is 9.97. The lowest BCUT2D eigenvalue weighted by molar-refractivity contribution is -0.129. The van der Waals surface area contributed by atoms with Crippen molar-refractivity contribution in [1.82, 2.24) is 0 Å². The molecule has 0 bridgehead atoms. The summed E-state index contributed by atoms with van der Waals surface area (Å²) in [6, 6.07) is 37.3. The molecule has 0 spiro atoms. The number of hydrogen-bond donors (Lipinski definition) is 2. The Morgan fingerprint density at radius 2 is 0.881 bits per heavy atom. The summed E-state index contributed by atoms with van der Waals surface area (Å²) >= 11 is 11.9. The topological polar surface area (TPSA) is 76.7 Å². The maximum Gasteiger partial charge on any atom is 0.237 e. The summed E-state index contributed by atoms with van der Waals surface area (Å²) in [5.41, 5.74) is 1.95. The van der Waals surface area contributed by atoms with Crippen LogP contribution in [0.3, 0.4) is 0 Å². The van der Waals surface area contributed by atoms with E-state index in [-0.39, 0.29) is 6.42 Å². The molecule has 5 aromatic rings. The lowest BCUT2D eigenvalue weighted by Gasteiger charge is -2.17. The maximum atomic E-state index is 13.4. The van der Waals surface area contributed by atoms with Gasteiger partial charge in [-0.15, -0.1) is 0 Å². The predicted octanol–water partition coefficient (Wildman–Crippen LogP) is 9.01. The molecule has 5 aromatic carbocycles. The average molecular weight is 597 g/mol. The molecular formula is C34H26Cl2N2O4. The lowest BCUT2D eigenvalue weighted by Crippen LogP contribution is -2.35. The molecule has 0 saturated heterocycles. The number of hydrogen-bond acceptors (Lipinski definition) is 4. The van der Waals surface area contributed by atoms with Crippen LogP contribution in [-0.2, 0) is 16.0 Å². The van der Waals surface area contributed by atoms with E-state index in [9.17, 15) is 9.59 Å². The Hall–Kier alpha value is -4.78. The Bertz CT molecular complexity index is 1520. The van der Waals surface area contributed by atoms with E-state index in [2.05, 4.69) is 10.6 Å². The van der Waals surface area contributed by atoms with Crippen molar-refractivity contribution in [1.29, 1.82) is 0 Å². The van der Waals surface area contributed by atoms with E-state index in [1.165, 1.54) is 0 Å². The molecule has 8 heteroatoms. The number of ether oxygens (including phenoxy) is 2. The standard InChI is InChI=1S/C34H26Cl2N2O4/c35-24-6-14-28(15-7-24)41-30-18-10-26(11-19-30)37-33(39)32(22-23-4-2-1-3-5-23)34(40)38-27-12-20-31(21-13-27)42-29-16-8-25(36)9-17-29/h1-21,32H,22H2,(H,37,39)(H,38,40). The second kappa shape index (κ2) is 13.7. The molecule has 0 aliphatic carbocycles. The second-order valence-corrected chi connectivity index (χ2v) is 10.3. The molecule has 6 nitrogen and oxygen atoms in total. The molecule has 2 N–H and O–H groups in total. The summed E-state index contributed by atoms with van der Waals surface area (Å²) < 4.78 is 11.6. The monoisotopic (exact) mass is 596 g/mol. The van der Waals surface area contributed by atoms with E-state index in [1.807, 2.05) is 30.3 Å². The number of halogens is 2. The summed E-state index contributed by atoms with van der Waals surface area (Å²) in [6.07, 6.45) is 0.230. The fraction of sp³-hybridized carbons (Fsp3) is 0.0588. The first-order valence-electron chi connectivity index (χ1n) is 13.1. The zero-order chi connectivity index (χ0) is 29.3. The SMILES string of the molecule is O=C(Nc1ccc(Oc2ccc(Cl)cc2)cc1)C(Cc1ccccc1)C(=O)Nc1ccc(Oc2ccc(Cl)cc2)cc1. The Balaban J connectivity index is 1.25. The van der Waals surface area contributed by atoms with E-state index >= 15 is 0 Å². The van der Waals surface area contributed by atoms with Gasteiger partial charge in [0.25, 0.3) is 0 Å². The highest BCUT2D eigenvalue weighted by Crippen LogP contribution is 2.26. The Labute approximate surface area is 253 Å². The molecule has 0 unspecified atom stereocenters. The number of amides is 2. The van der Waals surface area contributed by atoms with Crippen molar-refractivity contribution in [2.75, 3.05) is 10.6 Å². The quantitative estimate of drug-likeness (QED) is 0.158. The summed E-state index contributed by atoms with van der Waals surface area (Å²) in [4.78, 5) is 26.8. The number of carbonyl (C=O) groups excluding carboxylic acids is 2. The van der Waals surface area contributed by atoms with Gasteiger partial charge in [0, 0.05) is 21.4 Å². The maximum absolute atomic E-state index is 13.4. The van der Waals surface area contributed by atoms with Crippen LogP contribution in [0.4, 0.5) is 11.4 Å². The predicted molar refractivity (Wildman–Crippen MR) is 167 cm³/mol. The highest BCUT2D eigenvalue weighted by Gasteiger charge is 2.27. The molecule has 42 heavy (non-hydrogen) atoms. The average Bonchev–Trinajstić information content (AvgIpc) is 3.00. The van der Waals surface area contributed by atoms with E-state index in [0.29, 0.717) is 44.4 Å². The van der Waals surface area contributed by atoms with Gasteiger partial charge >= 0.3 is 0 Å². The number of nitrogens with one attached hydrogen (secondary N) is 2. The van der Waals surface area contributed by atoms with Crippen LogP contribution in [-0.4, -0.2) is 11.8 Å². The number of benzene rings is 5. The minimum absolute atomic E-state index is 0.230. The van der Waals surface area contributed by atoms with Gasteiger partial charge in [-0.3, -0.25) is 9.59 Å². The van der Waals surface area contributed by atoms with Crippen LogP contribution in [0.15, 0.2) is 127 Å². The summed E-state index contributed by atoms with van der Waals surface area (Å²) in [7, 11) is 0. The number of anilines is 2. The highest BCUT2D eigenvalue weighted by molar-refractivity contribution is 6.30. The van der Waals surface area contributed by atoms with Crippen molar-refractivity contribution in [3.63, 3.8) is 0 Å². The molecule has 0 atom stereocenters. The van der Waals surface area contributed by atoms with E-state index in [0.717, 1.165) is 5.56 Å². The van der Waals surface area contributed by atoms with Crippen LogP contribution in [0, 0.1) is 5.92 Å². The second-order valence-electron chi connectivity index (χ2n) is 9.38. The van der Waals surface area contributed by atoms with Crippen LogP contribution >= 0.6 is 23.2 Å². The molecule has 210 valence electrons. The molecule has 0 heterocycles. The zero-order valence-electron chi connectivity index (χ0n) is 22.3. The molecule has 0 saturated carbocycles. The molecule has 2 amide bonds. The van der Waals surface area contributed by atoms with Crippen LogP contribution in [0.1, 0.15) is 5.56 Å². The van der Waals surface area contributed by atoms with Crippen LogP contribution < -0.4 is 20.1 Å².